The summed E-state index contributed by atoms with van der Waals surface area (Å²) in [6, 6.07) is 14.2. The highest BCUT2D eigenvalue weighted by Crippen LogP contribution is 2.50. The Labute approximate surface area is 165 Å². The summed E-state index contributed by atoms with van der Waals surface area (Å²) in [5.74, 6) is 2.02. The smallest absolute Gasteiger partial charge is 0.112 e. The Morgan fingerprint density at radius 3 is 2.59 bits per heavy atom. The number of nitrogens with zero attached hydrogens (tertiary/aromatic N) is 2. The molecule has 0 radical (unpaired) electrons. The van der Waals surface area contributed by atoms with E-state index in [1.165, 1.54) is 36.0 Å². The van der Waals surface area contributed by atoms with E-state index in [4.69, 9.17) is 16.6 Å². The van der Waals surface area contributed by atoms with Gasteiger partial charge in [-0.3, -0.25) is 4.90 Å². The molecule has 1 N–H and O–H groups in total. The Bertz CT molecular complexity index is 952. The van der Waals surface area contributed by atoms with E-state index in [0.717, 1.165) is 21.9 Å². The average molecular weight is 380 g/mol. The fourth-order valence-corrected chi connectivity index (χ4v) is 5.47. The monoisotopic (exact) mass is 379 g/mol. The summed E-state index contributed by atoms with van der Waals surface area (Å²) >= 11 is 6.15. The van der Waals surface area contributed by atoms with Gasteiger partial charge in [0.25, 0.3) is 0 Å². The predicted octanol–water partition coefficient (Wildman–Crippen LogP) is 5.57. The van der Waals surface area contributed by atoms with Crippen molar-refractivity contribution >= 4 is 22.6 Å². The van der Waals surface area contributed by atoms with Crippen LogP contribution in [0.3, 0.4) is 0 Å². The van der Waals surface area contributed by atoms with E-state index < -0.39 is 0 Å². The van der Waals surface area contributed by atoms with Crippen LogP contribution in [0.15, 0.2) is 36.4 Å². The minimum Gasteiger partial charge on any atom is -0.342 e. The van der Waals surface area contributed by atoms with Crippen LogP contribution in [0.1, 0.15) is 53.6 Å². The highest BCUT2D eigenvalue weighted by atomic mass is 35.5. The third kappa shape index (κ3) is 2.79. The molecule has 2 bridgehead atoms. The zero-order chi connectivity index (χ0) is 18.7. The van der Waals surface area contributed by atoms with E-state index in [9.17, 15) is 0 Å². The molecule has 2 unspecified atom stereocenters. The molecule has 4 atom stereocenters. The lowest BCUT2D eigenvalue weighted by molar-refractivity contribution is 0.134. The van der Waals surface area contributed by atoms with Gasteiger partial charge in [0.05, 0.1) is 11.0 Å². The van der Waals surface area contributed by atoms with Gasteiger partial charge in [-0.2, -0.15) is 0 Å². The lowest BCUT2D eigenvalue weighted by atomic mass is 9.76. The largest absolute Gasteiger partial charge is 0.342 e. The van der Waals surface area contributed by atoms with Crippen molar-refractivity contribution in [1.29, 1.82) is 0 Å². The zero-order valence-electron chi connectivity index (χ0n) is 16.2. The molecule has 0 spiro atoms. The highest BCUT2D eigenvalue weighted by Gasteiger charge is 2.47. The fourth-order valence-electron chi connectivity index (χ4n) is 5.34. The Balaban J connectivity index is 1.62. The summed E-state index contributed by atoms with van der Waals surface area (Å²) in [6.07, 6.45) is 3.74. The number of piperidine rings is 1. The van der Waals surface area contributed by atoms with Gasteiger partial charge < -0.3 is 4.98 Å². The third-order valence-corrected chi connectivity index (χ3v) is 7.25. The summed E-state index contributed by atoms with van der Waals surface area (Å²) in [7, 11) is 2.30. The van der Waals surface area contributed by atoms with Gasteiger partial charge in [-0.15, -0.1) is 0 Å². The van der Waals surface area contributed by atoms with Crippen LogP contribution in [0.5, 0.6) is 0 Å². The molecule has 0 aliphatic carbocycles. The molecule has 0 amide bonds. The fraction of sp³-hybridized carbons (Fsp3) is 0.435. The van der Waals surface area contributed by atoms with Gasteiger partial charge >= 0.3 is 0 Å². The zero-order valence-corrected chi connectivity index (χ0v) is 16.9. The van der Waals surface area contributed by atoms with E-state index in [1.54, 1.807) is 0 Å². The number of H-pyrrole nitrogens is 1. The molecule has 4 heteroatoms. The minimum atomic E-state index is 0.392. The number of aromatic amines is 1. The molecule has 3 aromatic rings. The number of fused-ring (bicyclic) bond motifs is 3. The molecule has 27 heavy (non-hydrogen) atoms. The van der Waals surface area contributed by atoms with Gasteiger partial charge in [0.1, 0.15) is 5.82 Å². The molecular weight excluding hydrogens is 354 g/mol. The van der Waals surface area contributed by atoms with Crippen molar-refractivity contribution in [3.63, 3.8) is 0 Å². The quantitative estimate of drug-likeness (QED) is 0.631. The molecule has 2 saturated heterocycles. The number of hydrogen-bond acceptors (Lipinski definition) is 2. The van der Waals surface area contributed by atoms with Crippen molar-refractivity contribution in [2.45, 2.75) is 57.0 Å². The maximum atomic E-state index is 6.15. The van der Waals surface area contributed by atoms with Crippen LogP contribution in [-0.4, -0.2) is 34.0 Å². The normalized spacial score (nSPS) is 28.1. The Hall–Kier alpha value is -1.84. The predicted molar refractivity (Wildman–Crippen MR) is 112 cm³/mol. The molecule has 0 saturated carbocycles. The van der Waals surface area contributed by atoms with Crippen molar-refractivity contribution in [1.82, 2.24) is 14.9 Å². The van der Waals surface area contributed by atoms with E-state index in [2.05, 4.69) is 55.0 Å². The van der Waals surface area contributed by atoms with Crippen LogP contribution in [0.25, 0.3) is 11.0 Å². The Morgan fingerprint density at radius 2 is 1.81 bits per heavy atom. The second-order valence-electron chi connectivity index (χ2n) is 8.46. The number of aryl methyl sites for hydroxylation is 2. The van der Waals surface area contributed by atoms with Gasteiger partial charge in [-0.1, -0.05) is 23.7 Å². The van der Waals surface area contributed by atoms with Gasteiger partial charge in [0, 0.05) is 23.0 Å². The van der Waals surface area contributed by atoms with Crippen molar-refractivity contribution in [3.05, 3.63) is 63.9 Å². The Morgan fingerprint density at radius 1 is 1.07 bits per heavy atom. The van der Waals surface area contributed by atoms with E-state index in [1.807, 2.05) is 12.1 Å². The van der Waals surface area contributed by atoms with Gasteiger partial charge in [0.15, 0.2) is 0 Å². The van der Waals surface area contributed by atoms with Gasteiger partial charge in [0.2, 0.25) is 0 Å². The summed E-state index contributed by atoms with van der Waals surface area (Å²) in [6.45, 7) is 4.33. The van der Waals surface area contributed by atoms with Crippen LogP contribution in [-0.2, 0) is 0 Å². The van der Waals surface area contributed by atoms with Crippen LogP contribution in [0, 0.1) is 13.8 Å². The standard InChI is InChI=1S/C23H26ClN3/c1-13-10-19-20(11-14(13)2)26-23(25-19)22-18(15-4-6-16(24)7-5-15)12-17-8-9-21(22)27(17)3/h4-7,10-11,17-18,21-22H,8-9,12H2,1-3H3,(H,25,26)/t17-,18?,21?,22+/m1/s1. The second kappa shape index (κ2) is 6.35. The first-order chi connectivity index (χ1) is 13.0. The number of rotatable bonds is 2. The minimum absolute atomic E-state index is 0.392. The van der Waals surface area contributed by atoms with Crippen LogP contribution in [0.4, 0.5) is 0 Å². The topological polar surface area (TPSA) is 31.9 Å². The molecular formula is C23H26ClN3. The highest BCUT2D eigenvalue weighted by molar-refractivity contribution is 6.30. The van der Waals surface area contributed by atoms with Crippen molar-refractivity contribution in [2.75, 3.05) is 7.05 Å². The summed E-state index contributed by atoms with van der Waals surface area (Å²) in [4.78, 5) is 11.4. The van der Waals surface area contributed by atoms with Crippen molar-refractivity contribution < 1.29 is 0 Å². The van der Waals surface area contributed by atoms with Gasteiger partial charge in [-0.05, 0) is 87.0 Å². The molecule has 2 aliphatic rings. The molecule has 2 aromatic carbocycles. The summed E-state index contributed by atoms with van der Waals surface area (Å²) < 4.78 is 0. The van der Waals surface area contributed by atoms with Gasteiger partial charge in [-0.25, -0.2) is 4.98 Å². The lowest BCUT2D eigenvalue weighted by Crippen LogP contribution is -2.44. The number of halogens is 1. The van der Waals surface area contributed by atoms with Crippen molar-refractivity contribution in [3.8, 4) is 0 Å². The maximum Gasteiger partial charge on any atom is 0.112 e. The molecule has 3 nitrogen and oxygen atoms in total. The first-order valence-electron chi connectivity index (χ1n) is 9.95. The molecule has 2 aliphatic heterocycles. The Kier molecular flexibility index (Phi) is 4.06. The first kappa shape index (κ1) is 17.3. The lowest BCUT2D eigenvalue weighted by Gasteiger charge is -2.42. The summed E-state index contributed by atoms with van der Waals surface area (Å²) in [5.41, 5.74) is 6.25. The maximum absolute atomic E-state index is 6.15. The molecule has 5 rings (SSSR count). The average Bonchev–Trinajstić information content (AvgIpc) is 3.13. The molecule has 2 fully saturated rings. The number of benzene rings is 2. The number of imidazole rings is 1. The van der Waals surface area contributed by atoms with Crippen LogP contribution in [0.2, 0.25) is 5.02 Å². The third-order valence-electron chi connectivity index (χ3n) is 7.00. The van der Waals surface area contributed by atoms with Crippen molar-refractivity contribution in [2.24, 2.45) is 0 Å². The molecule has 1 aromatic heterocycles. The second-order valence-corrected chi connectivity index (χ2v) is 8.90. The molecule has 140 valence electrons. The number of aromatic nitrogens is 2. The summed E-state index contributed by atoms with van der Waals surface area (Å²) in [5, 5.41) is 0.806. The number of nitrogens with one attached hydrogen (secondary N) is 1. The number of hydrogen-bond donors (Lipinski definition) is 1. The number of likely N-dealkylation sites (N-methyl/N-ethyl adjacent to an activating group) is 1. The van der Waals surface area contributed by atoms with Crippen LogP contribution < -0.4 is 0 Å². The van der Waals surface area contributed by atoms with Crippen LogP contribution >= 0.6 is 11.6 Å². The SMILES string of the molecule is Cc1cc2nc([C@H]3C(c4ccc(Cl)cc4)C[C@H]4CCC3N4C)[nH]c2cc1C. The van der Waals surface area contributed by atoms with E-state index in [0.29, 0.717) is 23.9 Å². The first-order valence-corrected chi connectivity index (χ1v) is 10.3. The van der Waals surface area contributed by atoms with E-state index >= 15 is 0 Å². The van der Waals surface area contributed by atoms with E-state index in [-0.39, 0.29) is 0 Å². The molecule has 3 heterocycles.